The van der Waals surface area contributed by atoms with Gasteiger partial charge >= 0.3 is 66.8 Å². The lowest BCUT2D eigenvalue weighted by molar-refractivity contribution is -0.342. The molecule has 0 fully saturated rings. The lowest BCUT2D eigenvalue weighted by atomic mass is 10.1. The van der Waals surface area contributed by atoms with E-state index in [4.69, 9.17) is 45.4 Å². The highest BCUT2D eigenvalue weighted by Gasteiger charge is 2.59. The second-order valence-corrected chi connectivity index (χ2v) is 36.8. The molecule has 5 atom stereocenters. The summed E-state index contributed by atoms with van der Waals surface area (Å²) in [5, 5.41) is 47.0. The molecule has 47 heteroatoms. The van der Waals surface area contributed by atoms with Crippen molar-refractivity contribution in [3.05, 3.63) is 0 Å². The van der Waals surface area contributed by atoms with Crippen LogP contribution in [-0.2, 0) is 51.7 Å². The first-order chi connectivity index (χ1) is 47.0. The van der Waals surface area contributed by atoms with Crippen LogP contribution in [-0.4, -0.2) is 214 Å². The van der Waals surface area contributed by atoms with Crippen molar-refractivity contribution in [2.24, 2.45) is 0 Å². The Morgan fingerprint density at radius 2 is 0.500 bits per heavy atom. The second kappa shape index (κ2) is 70.6. The Balaban J connectivity index is -0.0000000560. The number of rotatable bonds is 32. The Morgan fingerprint density at radius 3 is 0.655 bits per heavy atom. The predicted octanol–water partition coefficient (Wildman–Crippen LogP) is 22.2. The summed E-state index contributed by atoms with van der Waals surface area (Å²) in [6, 6.07) is -0.494. The average molecular weight is 1830 g/mol. The lowest BCUT2D eigenvalue weighted by Gasteiger charge is -2.27. The molecule has 0 rings (SSSR count). The maximum Gasteiger partial charge on any atom is 0.522 e. The summed E-state index contributed by atoms with van der Waals surface area (Å²) in [6.07, 6.45) is -9.62. The molecule has 0 radical (unpaired) electrons. The Kier molecular flexibility index (Phi) is 96.6. The molecule has 0 saturated heterocycles. The molecule has 5 N–H and O–H groups in total. The fraction of sp³-hybridized carbons (Fsp3) is 0.826. The van der Waals surface area contributed by atoms with Crippen molar-refractivity contribution in [1.82, 2.24) is 0 Å². The van der Waals surface area contributed by atoms with Crippen molar-refractivity contribution >= 4 is 36.9 Å². The van der Waals surface area contributed by atoms with E-state index in [1.807, 2.05) is 11.8 Å². The van der Waals surface area contributed by atoms with Crippen molar-refractivity contribution < 1.29 is 200 Å². The summed E-state index contributed by atoms with van der Waals surface area (Å²) in [5.74, 6) is -8.13. The number of alkyl halides is 26. The van der Waals surface area contributed by atoms with E-state index in [9.17, 15) is 158 Å². The minimum Gasteiger partial charge on any atom is -0.459 e. The molecule has 0 aromatic heterocycles. The van der Waals surface area contributed by atoms with Crippen LogP contribution in [0.4, 0.5) is 123 Å². The molecule has 0 amide bonds. The van der Waals surface area contributed by atoms with Gasteiger partial charge in [0.15, 0.2) is 25.0 Å². The van der Waals surface area contributed by atoms with Crippen LogP contribution >= 0.6 is 0 Å². The van der Waals surface area contributed by atoms with Crippen molar-refractivity contribution in [3.8, 4) is 61.7 Å². The van der Waals surface area contributed by atoms with Gasteiger partial charge in [-0.05, 0) is 108 Å². The second-order valence-electron chi connectivity index (χ2n) is 23.8. The van der Waals surface area contributed by atoms with Gasteiger partial charge in [0.25, 0.3) is 0 Å². The lowest BCUT2D eigenvalue weighted by Crippen LogP contribution is -2.40. The third-order valence-electron chi connectivity index (χ3n) is 11.9. The van der Waals surface area contributed by atoms with Gasteiger partial charge in [0.2, 0.25) is 13.9 Å². The van der Waals surface area contributed by atoms with Crippen molar-refractivity contribution in [3.63, 3.8) is 0 Å². The maximum atomic E-state index is 12.8. The summed E-state index contributed by atoms with van der Waals surface area (Å²) in [6.45, 7) is 11.8. The van der Waals surface area contributed by atoms with Crippen molar-refractivity contribution in [2.75, 3.05) is 68.2 Å². The van der Waals surface area contributed by atoms with E-state index < -0.39 is 166 Å². The molecule has 16 nitrogen and oxygen atoms in total. The molecule has 710 valence electrons. The summed E-state index contributed by atoms with van der Waals surface area (Å²) >= 11 is 0. The first kappa shape index (κ1) is 159. The molecular formula is C69H130F28O16Si3. The Morgan fingerprint density at radius 1 is 0.336 bits per heavy atom. The van der Waals surface area contributed by atoms with Gasteiger partial charge in [0.05, 0.1) is 13.2 Å². The Bertz CT molecular complexity index is 2450. The summed E-state index contributed by atoms with van der Waals surface area (Å²) in [7, 11) is -3.85. The predicted molar refractivity (Wildman–Crippen MR) is 400 cm³/mol. The number of carbonyl (C=O) groups excluding carboxylic acids is 2. The van der Waals surface area contributed by atoms with E-state index in [0.29, 0.717) is 7.11 Å². The van der Waals surface area contributed by atoms with Crippen LogP contribution in [0.3, 0.4) is 0 Å². The number of terminal acetylenes is 5. The van der Waals surface area contributed by atoms with E-state index in [2.05, 4.69) is 46.6 Å². The molecule has 0 heterocycles. The number of aliphatic hydroxyl groups is 5. The zero-order valence-electron chi connectivity index (χ0n) is 59.6. The molecule has 0 spiro atoms. The Labute approximate surface area is 672 Å². The minimum absolute atomic E-state index is 0. The SMILES string of the molecule is C.C.C.C.C.C.C.C.C.C.C#CC(C)(O)CCOC(=O)C(F)(F)OF.C#CC(C)(O)CCOC(=O)C(F)(F)OF.C#CC(C)(O)CCO[Si](C)(C)CCC(F)(F)C(F)(F)F.C#CC(C)(O)CCO[Si](C)(C)CCC(F)(F)C(F)(F)F.C#CC(C)(O)CCO[Si](C)(C)CCCC(F)(F)C(F)(F)F.COC.COC(F)(F)F.FCF.FCF. The molecular weight excluding hydrogens is 1700 g/mol. The highest BCUT2D eigenvalue weighted by Crippen LogP contribution is 2.43. The number of esters is 2. The van der Waals surface area contributed by atoms with Gasteiger partial charge in [0, 0.05) is 92.5 Å². The standard InChI is InChI=1S/C13H21F5O2Si.2C12H19F5O2Si.2C8H9F3O4.C2H3F3O.C2H6O.2CH2F2.10CH4/c1-5-11(2,19)8-9-20-21(3,4)10-6-7-12(14,15)13(16,17)18;2*1-5-10(2,18)6-8-19-20(3,4)9-7-11(13,14)12(15,16)17;2*1-3-7(2,13)4-5-14-6(12)8(9,10)15-11;1-6-2(3,4)5;1-3-2;2*2-1-3;;;;;;;;;;/h1,19H,6-10H2,2-4H3;2*1,18H,6-9H2,2-4H3;2*1,13H,4-5H2,2H3;1H3;1-2H3;2*1H2;10*1H4. The molecule has 0 saturated carbocycles. The molecule has 0 aliphatic rings. The van der Waals surface area contributed by atoms with E-state index in [0.717, 1.165) is 0 Å². The molecule has 0 aromatic carbocycles. The van der Waals surface area contributed by atoms with Gasteiger partial charge in [-0.3, -0.25) is 4.74 Å². The van der Waals surface area contributed by atoms with Crippen LogP contribution in [0.15, 0.2) is 0 Å². The highest BCUT2D eigenvalue weighted by molar-refractivity contribution is 6.71. The number of ether oxygens (including phenoxy) is 4. The van der Waals surface area contributed by atoms with Gasteiger partial charge in [-0.25, -0.2) is 27.2 Å². The summed E-state index contributed by atoms with van der Waals surface area (Å²) in [4.78, 5) is 25.0. The van der Waals surface area contributed by atoms with Gasteiger partial charge < -0.3 is 53.0 Å². The van der Waals surface area contributed by atoms with Crippen LogP contribution in [0.5, 0.6) is 0 Å². The van der Waals surface area contributed by atoms with E-state index in [1.54, 1.807) is 53.5 Å². The number of hydrogen-bond acceptors (Lipinski definition) is 16. The monoisotopic (exact) mass is 1830 g/mol. The topological polar surface area (TPSA) is 218 Å². The minimum atomic E-state index is -5.54. The van der Waals surface area contributed by atoms with E-state index >= 15 is 0 Å². The number of carbonyl (C=O) groups is 2. The first-order valence-electron chi connectivity index (χ1n) is 29.2. The van der Waals surface area contributed by atoms with Crippen LogP contribution in [0.1, 0.15) is 167 Å². The van der Waals surface area contributed by atoms with E-state index in [-0.39, 0.29) is 151 Å². The van der Waals surface area contributed by atoms with Crippen molar-refractivity contribution in [1.29, 1.82) is 0 Å². The van der Waals surface area contributed by atoms with Gasteiger partial charge in [0.1, 0.15) is 28.0 Å². The van der Waals surface area contributed by atoms with Crippen LogP contribution in [0, 0.1) is 61.7 Å². The highest BCUT2D eigenvalue weighted by atomic mass is 28.4. The van der Waals surface area contributed by atoms with Crippen molar-refractivity contribution in [2.45, 2.75) is 307 Å². The number of halogens is 28. The van der Waals surface area contributed by atoms with Crippen LogP contribution < -0.4 is 0 Å². The molecule has 0 aliphatic heterocycles. The summed E-state index contributed by atoms with van der Waals surface area (Å²) in [5.41, 5.74) is -7.22. The van der Waals surface area contributed by atoms with Gasteiger partial charge in [-0.2, -0.15) is 83.4 Å². The zero-order chi connectivity index (χ0) is 87.0. The largest absolute Gasteiger partial charge is 0.522 e. The number of methoxy groups -OCH3 is 2. The molecule has 0 aromatic rings. The molecule has 116 heavy (non-hydrogen) atoms. The quantitative estimate of drug-likeness (QED) is 0.0183. The Hall–Kier alpha value is -5.05. The smallest absolute Gasteiger partial charge is 0.459 e. The fourth-order valence-corrected chi connectivity index (χ4v) is 10.4. The zero-order valence-corrected chi connectivity index (χ0v) is 62.6. The average Bonchev–Trinajstić information content (AvgIpc) is 0.843. The van der Waals surface area contributed by atoms with Crippen LogP contribution in [0.2, 0.25) is 57.4 Å². The normalized spacial score (nSPS) is 13.7. The van der Waals surface area contributed by atoms with Crippen LogP contribution in [0.25, 0.3) is 0 Å². The number of hydrogen-bond donors (Lipinski definition) is 5. The molecule has 0 bridgehead atoms. The maximum absolute atomic E-state index is 12.8. The molecule has 5 unspecified atom stereocenters. The third-order valence-corrected chi connectivity index (χ3v) is 19.4. The fourth-order valence-electron chi connectivity index (χ4n) is 5.15. The molecule has 0 aliphatic carbocycles. The third kappa shape index (κ3) is 91.3. The van der Waals surface area contributed by atoms with Gasteiger partial charge in [-0.1, -0.05) is 104 Å². The first-order valence-corrected chi connectivity index (χ1v) is 38.5. The van der Waals surface area contributed by atoms with Gasteiger partial charge in [-0.15, -0.1) is 55.2 Å². The van der Waals surface area contributed by atoms with E-state index in [1.165, 1.54) is 34.6 Å². The summed E-state index contributed by atoms with van der Waals surface area (Å²) < 4.78 is 357.